The molecule has 0 aliphatic rings. The molecule has 0 fully saturated rings. The molecule has 0 saturated heterocycles. The highest BCUT2D eigenvalue weighted by molar-refractivity contribution is 6.37. The molecule has 4 aromatic carbocycles. The van der Waals surface area contributed by atoms with Gasteiger partial charge in [0.1, 0.15) is 13.2 Å². The molecule has 0 aliphatic heterocycles. The number of hydrogen-bond donors (Lipinski definition) is 0. The van der Waals surface area contributed by atoms with Gasteiger partial charge in [0.2, 0.25) is 0 Å². The summed E-state index contributed by atoms with van der Waals surface area (Å²) in [4.78, 5) is 12.6. The van der Waals surface area contributed by atoms with E-state index in [0.717, 1.165) is 16.7 Å². The SMILES string of the molecule is O=C(C=Cc1ccc(OCc2ccccc2)c(OCc2ccccc2)c1)c1ccc(Cl)cc1Cl. The van der Waals surface area contributed by atoms with Gasteiger partial charge < -0.3 is 9.47 Å². The van der Waals surface area contributed by atoms with Crippen LogP contribution in [-0.2, 0) is 13.2 Å². The Kier molecular flexibility index (Phi) is 8.03. The summed E-state index contributed by atoms with van der Waals surface area (Å²) < 4.78 is 12.1. The van der Waals surface area contributed by atoms with Gasteiger partial charge in [-0.1, -0.05) is 96.0 Å². The van der Waals surface area contributed by atoms with Crippen molar-refractivity contribution in [3.05, 3.63) is 135 Å². The molecule has 0 aromatic heterocycles. The molecule has 0 atom stereocenters. The zero-order valence-corrected chi connectivity index (χ0v) is 19.8. The van der Waals surface area contributed by atoms with Crippen molar-refractivity contribution in [2.24, 2.45) is 0 Å². The van der Waals surface area contributed by atoms with Crippen molar-refractivity contribution in [2.75, 3.05) is 0 Å². The van der Waals surface area contributed by atoms with E-state index in [1.807, 2.05) is 78.9 Å². The Labute approximate surface area is 209 Å². The summed E-state index contributed by atoms with van der Waals surface area (Å²) in [5, 5.41) is 0.801. The molecule has 3 nitrogen and oxygen atoms in total. The third-order valence-electron chi connectivity index (χ3n) is 5.07. The van der Waals surface area contributed by atoms with Gasteiger partial charge in [-0.2, -0.15) is 0 Å². The van der Waals surface area contributed by atoms with Crippen LogP contribution in [0.3, 0.4) is 0 Å². The number of hydrogen-bond acceptors (Lipinski definition) is 3. The van der Waals surface area contributed by atoms with Crippen molar-refractivity contribution in [3.63, 3.8) is 0 Å². The van der Waals surface area contributed by atoms with E-state index < -0.39 is 0 Å². The summed E-state index contributed by atoms with van der Waals surface area (Å²) in [5.74, 6) is 1.01. The standard InChI is InChI=1S/C29H22Cl2O3/c30-24-13-14-25(26(31)18-24)27(32)15-11-21-12-16-28(33-19-22-7-3-1-4-8-22)29(17-21)34-20-23-9-5-2-6-10-23/h1-18H,19-20H2. The third-order valence-corrected chi connectivity index (χ3v) is 5.61. The van der Waals surface area contributed by atoms with E-state index in [0.29, 0.717) is 40.3 Å². The van der Waals surface area contributed by atoms with Crippen LogP contribution in [-0.4, -0.2) is 5.78 Å². The largest absolute Gasteiger partial charge is 0.485 e. The Morgan fingerprint density at radius 2 is 1.32 bits per heavy atom. The lowest BCUT2D eigenvalue weighted by Gasteiger charge is -2.14. The third kappa shape index (κ3) is 6.50. The van der Waals surface area contributed by atoms with Crippen LogP contribution in [0.5, 0.6) is 11.5 Å². The maximum absolute atomic E-state index is 12.6. The summed E-state index contributed by atoms with van der Waals surface area (Å²) in [6.45, 7) is 0.820. The lowest BCUT2D eigenvalue weighted by Crippen LogP contribution is -2.01. The fourth-order valence-corrected chi connectivity index (χ4v) is 3.78. The second-order valence-corrected chi connectivity index (χ2v) is 8.42. The summed E-state index contributed by atoms with van der Waals surface area (Å²) >= 11 is 12.1. The van der Waals surface area contributed by atoms with Crippen molar-refractivity contribution in [3.8, 4) is 11.5 Å². The highest BCUT2D eigenvalue weighted by Crippen LogP contribution is 2.31. The Morgan fingerprint density at radius 3 is 1.94 bits per heavy atom. The number of carbonyl (C=O) groups excluding carboxylic acids is 1. The number of carbonyl (C=O) groups is 1. The predicted octanol–water partition coefficient (Wildman–Crippen LogP) is 8.05. The summed E-state index contributed by atoms with van der Waals surface area (Å²) in [5.41, 5.74) is 3.30. The normalized spacial score (nSPS) is 10.9. The lowest BCUT2D eigenvalue weighted by atomic mass is 10.1. The zero-order valence-electron chi connectivity index (χ0n) is 18.3. The van der Waals surface area contributed by atoms with Crippen LogP contribution in [0.2, 0.25) is 10.0 Å². The van der Waals surface area contributed by atoms with E-state index in [9.17, 15) is 4.79 Å². The second kappa shape index (κ2) is 11.6. The molecule has 0 radical (unpaired) electrons. The summed E-state index contributed by atoms with van der Waals surface area (Å²) in [6, 6.07) is 30.2. The fourth-order valence-electron chi connectivity index (χ4n) is 3.28. The first-order valence-corrected chi connectivity index (χ1v) is 11.5. The molecule has 0 unspecified atom stereocenters. The van der Waals surface area contributed by atoms with Crippen LogP contribution in [0, 0.1) is 0 Å². The molecule has 170 valence electrons. The van der Waals surface area contributed by atoms with Crippen molar-refractivity contribution in [1.29, 1.82) is 0 Å². The van der Waals surface area contributed by atoms with Gasteiger partial charge in [0.25, 0.3) is 0 Å². The van der Waals surface area contributed by atoms with E-state index in [1.54, 1.807) is 24.3 Å². The number of ether oxygens (including phenoxy) is 2. The van der Waals surface area contributed by atoms with Crippen LogP contribution < -0.4 is 9.47 Å². The molecule has 4 aromatic rings. The first-order chi connectivity index (χ1) is 16.6. The molecule has 0 bridgehead atoms. The number of benzene rings is 4. The molecule has 0 amide bonds. The van der Waals surface area contributed by atoms with Crippen molar-refractivity contribution >= 4 is 35.1 Å². The van der Waals surface area contributed by atoms with E-state index in [4.69, 9.17) is 32.7 Å². The van der Waals surface area contributed by atoms with Gasteiger partial charge in [0, 0.05) is 10.6 Å². The minimum atomic E-state index is -0.210. The van der Waals surface area contributed by atoms with Crippen LogP contribution in [0.25, 0.3) is 6.08 Å². The topological polar surface area (TPSA) is 35.5 Å². The molecule has 34 heavy (non-hydrogen) atoms. The molecular weight excluding hydrogens is 467 g/mol. The zero-order chi connectivity index (χ0) is 23.8. The molecule has 0 saturated carbocycles. The minimum Gasteiger partial charge on any atom is -0.485 e. The predicted molar refractivity (Wildman–Crippen MR) is 138 cm³/mol. The van der Waals surface area contributed by atoms with Gasteiger partial charge in [-0.15, -0.1) is 0 Å². The molecule has 5 heteroatoms. The molecular formula is C29H22Cl2O3. The second-order valence-electron chi connectivity index (χ2n) is 7.58. The Hall–Kier alpha value is -3.53. The number of rotatable bonds is 9. The van der Waals surface area contributed by atoms with Gasteiger partial charge in [-0.05, 0) is 53.1 Å². The van der Waals surface area contributed by atoms with E-state index in [-0.39, 0.29) is 5.78 Å². The minimum absolute atomic E-state index is 0.210. The number of halogens is 2. The van der Waals surface area contributed by atoms with Crippen LogP contribution >= 0.6 is 23.2 Å². The monoisotopic (exact) mass is 488 g/mol. The Balaban J connectivity index is 1.53. The molecule has 0 aliphatic carbocycles. The first-order valence-electron chi connectivity index (χ1n) is 10.7. The van der Waals surface area contributed by atoms with Gasteiger partial charge in [-0.3, -0.25) is 4.79 Å². The summed E-state index contributed by atoms with van der Waals surface area (Å²) in [7, 11) is 0. The first kappa shape index (κ1) is 23.6. The van der Waals surface area contributed by atoms with Gasteiger partial charge in [0.15, 0.2) is 17.3 Å². The Morgan fingerprint density at radius 1 is 0.706 bits per heavy atom. The molecule has 0 spiro atoms. The maximum Gasteiger partial charge on any atom is 0.187 e. The average molecular weight is 489 g/mol. The number of ketones is 1. The fraction of sp³-hybridized carbons (Fsp3) is 0.0690. The molecule has 0 N–H and O–H groups in total. The van der Waals surface area contributed by atoms with E-state index in [1.165, 1.54) is 6.08 Å². The molecule has 0 heterocycles. The van der Waals surface area contributed by atoms with Gasteiger partial charge in [-0.25, -0.2) is 0 Å². The lowest BCUT2D eigenvalue weighted by molar-refractivity contribution is 0.104. The van der Waals surface area contributed by atoms with Crippen molar-refractivity contribution in [2.45, 2.75) is 13.2 Å². The highest BCUT2D eigenvalue weighted by Gasteiger charge is 2.10. The van der Waals surface area contributed by atoms with Crippen LogP contribution in [0.15, 0.2) is 103 Å². The average Bonchev–Trinajstić information content (AvgIpc) is 2.86. The highest BCUT2D eigenvalue weighted by atomic mass is 35.5. The molecule has 4 rings (SSSR count). The van der Waals surface area contributed by atoms with Crippen molar-refractivity contribution < 1.29 is 14.3 Å². The van der Waals surface area contributed by atoms with E-state index >= 15 is 0 Å². The number of allylic oxidation sites excluding steroid dienone is 1. The van der Waals surface area contributed by atoms with Gasteiger partial charge >= 0.3 is 0 Å². The smallest absolute Gasteiger partial charge is 0.187 e. The van der Waals surface area contributed by atoms with Gasteiger partial charge in [0.05, 0.1) is 5.02 Å². The van der Waals surface area contributed by atoms with Crippen LogP contribution in [0.4, 0.5) is 0 Å². The summed E-state index contributed by atoms with van der Waals surface area (Å²) in [6.07, 6.45) is 3.21. The quantitative estimate of drug-likeness (QED) is 0.176. The van der Waals surface area contributed by atoms with Crippen LogP contribution in [0.1, 0.15) is 27.0 Å². The van der Waals surface area contributed by atoms with E-state index in [2.05, 4.69) is 0 Å². The van der Waals surface area contributed by atoms with Crippen molar-refractivity contribution in [1.82, 2.24) is 0 Å². The Bertz CT molecular complexity index is 1290. The maximum atomic E-state index is 12.6.